The van der Waals surface area contributed by atoms with E-state index in [-0.39, 0.29) is 17.2 Å². The molecule has 0 saturated carbocycles. The topological polar surface area (TPSA) is 84.0 Å². The lowest BCUT2D eigenvalue weighted by Crippen LogP contribution is -2.14. The maximum Gasteiger partial charge on any atom is 0.257 e. The summed E-state index contributed by atoms with van der Waals surface area (Å²) in [6.45, 7) is 8.25. The summed E-state index contributed by atoms with van der Waals surface area (Å²) in [4.78, 5) is 23.9. The molecule has 1 aromatic heterocycles. The lowest BCUT2D eigenvalue weighted by molar-refractivity contribution is -0.116. The predicted octanol–water partition coefficient (Wildman–Crippen LogP) is 4.22. The van der Waals surface area contributed by atoms with Gasteiger partial charge in [-0.15, -0.1) is 10.2 Å². The zero-order chi connectivity index (χ0) is 18.4. The number of carbonyl (C=O) groups is 2. The Kier molecular flexibility index (Phi) is 6.25. The van der Waals surface area contributed by atoms with Gasteiger partial charge in [-0.1, -0.05) is 39.0 Å². The van der Waals surface area contributed by atoms with Crippen molar-refractivity contribution in [1.82, 2.24) is 10.2 Å². The van der Waals surface area contributed by atoms with E-state index in [4.69, 9.17) is 0 Å². The van der Waals surface area contributed by atoms with Crippen LogP contribution in [-0.4, -0.2) is 22.0 Å². The van der Waals surface area contributed by atoms with E-state index in [0.717, 1.165) is 17.8 Å². The molecule has 25 heavy (non-hydrogen) atoms. The Morgan fingerprint density at radius 1 is 1.08 bits per heavy atom. The summed E-state index contributed by atoms with van der Waals surface area (Å²) in [7, 11) is 0. The van der Waals surface area contributed by atoms with Crippen LogP contribution in [0, 0.1) is 0 Å². The van der Waals surface area contributed by atoms with Gasteiger partial charge in [0, 0.05) is 23.1 Å². The van der Waals surface area contributed by atoms with Crippen molar-refractivity contribution in [2.75, 3.05) is 10.6 Å². The van der Waals surface area contributed by atoms with E-state index in [0.29, 0.717) is 22.8 Å². The molecule has 0 unspecified atom stereocenters. The van der Waals surface area contributed by atoms with Gasteiger partial charge in [-0.05, 0) is 37.1 Å². The third-order valence-electron chi connectivity index (χ3n) is 4.02. The molecule has 7 heteroatoms. The first-order chi connectivity index (χ1) is 11.9. The monoisotopic (exact) mass is 360 g/mol. The van der Waals surface area contributed by atoms with Crippen LogP contribution in [-0.2, 0) is 10.2 Å². The van der Waals surface area contributed by atoms with Crippen LogP contribution in [0.3, 0.4) is 0 Å². The van der Waals surface area contributed by atoms with Crippen LogP contribution in [0.4, 0.5) is 10.8 Å². The van der Waals surface area contributed by atoms with Gasteiger partial charge in [0.15, 0.2) is 0 Å². The zero-order valence-electron chi connectivity index (χ0n) is 15.0. The maximum absolute atomic E-state index is 12.3. The van der Waals surface area contributed by atoms with Gasteiger partial charge in [-0.25, -0.2) is 0 Å². The summed E-state index contributed by atoms with van der Waals surface area (Å²) in [5.74, 6) is -0.275. The fourth-order valence-corrected chi connectivity index (χ4v) is 2.93. The van der Waals surface area contributed by atoms with Gasteiger partial charge in [-0.3, -0.25) is 14.9 Å². The lowest BCUT2D eigenvalue weighted by atomic mass is 9.91. The molecule has 0 aliphatic heterocycles. The van der Waals surface area contributed by atoms with Crippen LogP contribution in [0.1, 0.15) is 62.3 Å². The number of amides is 2. The Bertz CT molecular complexity index is 738. The summed E-state index contributed by atoms with van der Waals surface area (Å²) in [5.41, 5.74) is 1.12. The molecule has 0 bridgehead atoms. The first-order valence-corrected chi connectivity index (χ1v) is 9.22. The van der Waals surface area contributed by atoms with E-state index in [1.54, 1.807) is 24.3 Å². The highest BCUT2D eigenvalue weighted by Gasteiger charge is 2.23. The highest BCUT2D eigenvalue weighted by Crippen LogP contribution is 2.31. The van der Waals surface area contributed by atoms with E-state index in [2.05, 4.69) is 41.6 Å². The van der Waals surface area contributed by atoms with Crippen molar-refractivity contribution in [2.24, 2.45) is 0 Å². The molecule has 0 aliphatic carbocycles. The number of hydrogen-bond acceptors (Lipinski definition) is 5. The molecule has 6 nitrogen and oxygen atoms in total. The zero-order valence-corrected chi connectivity index (χ0v) is 15.9. The van der Waals surface area contributed by atoms with Crippen LogP contribution in [0.25, 0.3) is 0 Å². The Hall–Kier alpha value is -2.28. The van der Waals surface area contributed by atoms with Gasteiger partial charge in [0.1, 0.15) is 5.01 Å². The molecule has 0 saturated heterocycles. The van der Waals surface area contributed by atoms with E-state index >= 15 is 0 Å². The minimum absolute atomic E-state index is 0.0281. The summed E-state index contributed by atoms with van der Waals surface area (Å²) in [5, 5.41) is 15.2. The van der Waals surface area contributed by atoms with Crippen molar-refractivity contribution in [3.8, 4) is 0 Å². The van der Waals surface area contributed by atoms with Crippen LogP contribution >= 0.6 is 11.3 Å². The molecule has 2 rings (SSSR count). The number of rotatable bonds is 7. The highest BCUT2D eigenvalue weighted by molar-refractivity contribution is 7.15. The van der Waals surface area contributed by atoms with E-state index in [9.17, 15) is 9.59 Å². The molecule has 0 atom stereocenters. The second-order valence-corrected chi connectivity index (χ2v) is 7.46. The molecule has 2 amide bonds. The molecular weight excluding hydrogens is 336 g/mol. The normalized spacial score (nSPS) is 11.2. The van der Waals surface area contributed by atoms with Gasteiger partial charge < -0.3 is 5.32 Å². The molecule has 2 aromatic rings. The van der Waals surface area contributed by atoms with Gasteiger partial charge >= 0.3 is 0 Å². The average molecular weight is 360 g/mol. The second kappa shape index (κ2) is 8.20. The third kappa shape index (κ3) is 5.09. The van der Waals surface area contributed by atoms with Crippen molar-refractivity contribution < 1.29 is 9.59 Å². The third-order valence-corrected chi connectivity index (χ3v) is 5.22. The average Bonchev–Trinajstić information content (AvgIpc) is 3.05. The van der Waals surface area contributed by atoms with Gasteiger partial charge in [-0.2, -0.15) is 0 Å². The van der Waals surface area contributed by atoms with Crippen LogP contribution in [0.2, 0.25) is 0 Å². The van der Waals surface area contributed by atoms with Crippen molar-refractivity contribution in [2.45, 2.75) is 52.4 Å². The second-order valence-electron chi connectivity index (χ2n) is 6.48. The number of nitrogens with zero attached hydrogens (tertiary/aromatic N) is 2. The number of carbonyl (C=O) groups excluding carboxylic acids is 2. The molecule has 1 heterocycles. The van der Waals surface area contributed by atoms with Crippen molar-refractivity contribution in [1.29, 1.82) is 0 Å². The Labute approximate surface area is 152 Å². The first kappa shape index (κ1) is 19.1. The van der Waals surface area contributed by atoms with Gasteiger partial charge in [0.2, 0.25) is 11.0 Å². The van der Waals surface area contributed by atoms with Crippen molar-refractivity contribution in [3.63, 3.8) is 0 Å². The number of nitrogens with one attached hydrogen (secondary N) is 2. The first-order valence-electron chi connectivity index (χ1n) is 8.41. The molecule has 0 aliphatic rings. The lowest BCUT2D eigenvalue weighted by Gasteiger charge is -2.17. The maximum atomic E-state index is 12.3. The Morgan fingerprint density at radius 2 is 1.76 bits per heavy atom. The summed E-state index contributed by atoms with van der Waals surface area (Å²) in [6.07, 6.45) is 2.22. The molecular formula is C18H24N4O2S. The summed E-state index contributed by atoms with van der Waals surface area (Å²) < 4.78 is 0. The number of anilines is 2. The van der Waals surface area contributed by atoms with Crippen LogP contribution in [0.5, 0.6) is 0 Å². The molecule has 0 fully saturated rings. The largest absolute Gasteiger partial charge is 0.326 e. The number of benzene rings is 1. The fraction of sp³-hybridized carbons (Fsp3) is 0.444. The minimum atomic E-state index is -0.247. The van der Waals surface area contributed by atoms with Crippen LogP contribution in [0.15, 0.2) is 24.3 Å². The molecule has 0 spiro atoms. The predicted molar refractivity (Wildman–Crippen MR) is 101 cm³/mol. The minimum Gasteiger partial charge on any atom is -0.326 e. The number of hydrogen-bond donors (Lipinski definition) is 2. The smallest absolute Gasteiger partial charge is 0.257 e. The van der Waals surface area contributed by atoms with Crippen molar-refractivity contribution >= 4 is 34.0 Å². The Balaban J connectivity index is 2.00. The molecule has 2 N–H and O–H groups in total. The number of aromatic nitrogens is 2. The Morgan fingerprint density at radius 3 is 2.36 bits per heavy atom. The van der Waals surface area contributed by atoms with Crippen molar-refractivity contribution in [3.05, 3.63) is 34.8 Å². The summed E-state index contributed by atoms with van der Waals surface area (Å²) >= 11 is 1.39. The quantitative estimate of drug-likeness (QED) is 0.774. The van der Waals surface area contributed by atoms with Gasteiger partial charge in [0.05, 0.1) is 0 Å². The van der Waals surface area contributed by atoms with Crippen LogP contribution < -0.4 is 10.6 Å². The SMILES string of the molecule is CCCC(=O)Nc1ccc(C(=O)Nc2nnc(C(C)(C)CC)s2)cc1. The van der Waals surface area contributed by atoms with E-state index in [1.807, 2.05) is 6.92 Å². The molecule has 134 valence electrons. The molecule has 1 aromatic carbocycles. The van der Waals surface area contributed by atoms with E-state index < -0.39 is 0 Å². The molecule has 0 radical (unpaired) electrons. The fourth-order valence-electron chi connectivity index (χ4n) is 2.02. The summed E-state index contributed by atoms with van der Waals surface area (Å²) in [6, 6.07) is 6.78. The van der Waals surface area contributed by atoms with Gasteiger partial charge in [0.25, 0.3) is 5.91 Å². The highest BCUT2D eigenvalue weighted by atomic mass is 32.1. The van der Waals surface area contributed by atoms with E-state index in [1.165, 1.54) is 11.3 Å². The standard InChI is InChI=1S/C18H24N4O2S/c1-5-7-14(23)19-13-10-8-12(9-11-13)15(24)20-17-22-21-16(25-17)18(3,4)6-2/h8-11H,5-7H2,1-4H3,(H,19,23)(H,20,22,24).